The molecule has 0 N–H and O–H groups in total. The SMILES string of the molecule is CCC#CCC1=C(I)CCC1=O. The highest BCUT2D eigenvalue weighted by Crippen LogP contribution is 2.29. The third-order valence-electron chi connectivity index (χ3n) is 1.80. The van der Waals surface area contributed by atoms with E-state index in [0.717, 1.165) is 18.4 Å². The van der Waals surface area contributed by atoms with Gasteiger partial charge in [-0.25, -0.2) is 0 Å². The molecule has 12 heavy (non-hydrogen) atoms. The summed E-state index contributed by atoms with van der Waals surface area (Å²) in [5.41, 5.74) is 0.955. The monoisotopic (exact) mass is 274 g/mol. The Morgan fingerprint density at radius 3 is 2.67 bits per heavy atom. The third kappa shape index (κ3) is 2.34. The van der Waals surface area contributed by atoms with E-state index < -0.39 is 0 Å². The number of allylic oxidation sites excluding steroid dienone is 2. The van der Waals surface area contributed by atoms with Gasteiger partial charge in [-0.3, -0.25) is 4.79 Å². The molecular weight excluding hydrogens is 263 g/mol. The number of hydrogen-bond acceptors (Lipinski definition) is 1. The number of ketones is 1. The van der Waals surface area contributed by atoms with Crippen molar-refractivity contribution in [1.82, 2.24) is 0 Å². The summed E-state index contributed by atoms with van der Waals surface area (Å²) < 4.78 is 1.21. The van der Waals surface area contributed by atoms with Gasteiger partial charge < -0.3 is 0 Å². The van der Waals surface area contributed by atoms with Crippen LogP contribution in [-0.4, -0.2) is 5.78 Å². The highest BCUT2D eigenvalue weighted by molar-refractivity contribution is 14.1. The van der Waals surface area contributed by atoms with Crippen LogP contribution in [0.3, 0.4) is 0 Å². The fourth-order valence-corrected chi connectivity index (χ4v) is 1.91. The molecule has 0 spiro atoms. The van der Waals surface area contributed by atoms with E-state index in [-0.39, 0.29) is 0 Å². The largest absolute Gasteiger partial charge is 0.294 e. The van der Waals surface area contributed by atoms with Crippen LogP contribution in [0.1, 0.15) is 32.6 Å². The number of hydrogen-bond donors (Lipinski definition) is 0. The van der Waals surface area contributed by atoms with Crippen molar-refractivity contribution < 1.29 is 4.79 Å². The van der Waals surface area contributed by atoms with E-state index in [1.807, 2.05) is 6.92 Å². The summed E-state index contributed by atoms with van der Waals surface area (Å²) in [6.07, 6.45) is 3.16. The molecule has 0 saturated heterocycles. The molecule has 64 valence electrons. The zero-order valence-corrected chi connectivity index (χ0v) is 9.27. The zero-order chi connectivity index (χ0) is 8.97. The Bertz CT molecular complexity index is 278. The van der Waals surface area contributed by atoms with Crippen molar-refractivity contribution in [3.05, 3.63) is 9.15 Å². The van der Waals surface area contributed by atoms with Gasteiger partial charge in [-0.05, 0) is 32.6 Å². The number of Topliss-reactive ketones (excluding diaryl/α,β-unsaturated/α-hetero) is 1. The molecule has 0 aliphatic heterocycles. The van der Waals surface area contributed by atoms with Crippen molar-refractivity contribution >= 4 is 28.4 Å². The molecule has 1 nitrogen and oxygen atoms in total. The molecule has 0 aromatic carbocycles. The quantitative estimate of drug-likeness (QED) is 0.531. The second kappa shape index (κ2) is 4.66. The first-order chi connectivity index (χ1) is 5.75. The average Bonchev–Trinajstić information content (AvgIpc) is 2.35. The highest BCUT2D eigenvalue weighted by Gasteiger charge is 2.19. The molecule has 0 unspecified atom stereocenters. The van der Waals surface area contributed by atoms with Crippen LogP contribution in [0.5, 0.6) is 0 Å². The molecule has 0 bridgehead atoms. The first-order valence-corrected chi connectivity index (χ1v) is 5.20. The highest BCUT2D eigenvalue weighted by atomic mass is 127. The third-order valence-corrected chi connectivity index (χ3v) is 2.99. The molecular formula is C10H11IO. The molecule has 0 aromatic rings. The van der Waals surface area contributed by atoms with Crippen molar-refractivity contribution in [2.24, 2.45) is 0 Å². The molecule has 0 amide bonds. The zero-order valence-electron chi connectivity index (χ0n) is 7.11. The fraction of sp³-hybridized carbons (Fsp3) is 0.500. The lowest BCUT2D eigenvalue weighted by Crippen LogP contribution is -1.94. The number of carbonyl (C=O) groups excluding carboxylic acids is 1. The predicted molar refractivity (Wildman–Crippen MR) is 58.0 cm³/mol. The topological polar surface area (TPSA) is 17.1 Å². The molecule has 0 aromatic heterocycles. The maximum atomic E-state index is 11.2. The molecule has 1 aliphatic rings. The van der Waals surface area contributed by atoms with Gasteiger partial charge in [0.05, 0.1) is 0 Å². The molecule has 0 atom stereocenters. The van der Waals surface area contributed by atoms with Gasteiger partial charge >= 0.3 is 0 Å². The second-order valence-electron chi connectivity index (χ2n) is 2.69. The Labute approximate surface area is 86.8 Å². The van der Waals surface area contributed by atoms with Crippen molar-refractivity contribution in [3.8, 4) is 11.8 Å². The van der Waals surface area contributed by atoms with Gasteiger partial charge in [-0.1, -0.05) is 12.8 Å². The lowest BCUT2D eigenvalue weighted by molar-refractivity contribution is -0.114. The molecule has 0 fully saturated rings. The van der Waals surface area contributed by atoms with Gasteiger partial charge in [-0.2, -0.15) is 0 Å². The van der Waals surface area contributed by atoms with E-state index in [0.29, 0.717) is 18.6 Å². The van der Waals surface area contributed by atoms with Crippen LogP contribution in [0.15, 0.2) is 9.15 Å². The molecule has 1 rings (SSSR count). The number of rotatable bonds is 1. The van der Waals surface area contributed by atoms with Gasteiger partial charge in [0.1, 0.15) is 0 Å². The van der Waals surface area contributed by atoms with E-state index in [4.69, 9.17) is 0 Å². The van der Waals surface area contributed by atoms with Gasteiger partial charge in [0.15, 0.2) is 5.78 Å². The average molecular weight is 274 g/mol. The van der Waals surface area contributed by atoms with Gasteiger partial charge in [0.2, 0.25) is 0 Å². The Morgan fingerprint density at radius 2 is 2.17 bits per heavy atom. The van der Waals surface area contributed by atoms with Crippen LogP contribution in [0.2, 0.25) is 0 Å². The van der Waals surface area contributed by atoms with Crippen molar-refractivity contribution in [2.45, 2.75) is 32.6 Å². The maximum Gasteiger partial charge on any atom is 0.160 e. The van der Waals surface area contributed by atoms with Gasteiger partial charge in [0.25, 0.3) is 0 Å². The standard InChI is InChI=1S/C10H11IO/c1-2-3-4-5-8-9(11)6-7-10(8)12/h2,5-7H2,1H3. The minimum Gasteiger partial charge on any atom is -0.294 e. The van der Waals surface area contributed by atoms with E-state index in [2.05, 4.69) is 34.4 Å². The minimum absolute atomic E-state index is 0.296. The first-order valence-electron chi connectivity index (χ1n) is 4.12. The first kappa shape index (κ1) is 9.79. The van der Waals surface area contributed by atoms with Crippen LogP contribution in [0.4, 0.5) is 0 Å². The normalized spacial score (nSPS) is 16.3. The molecule has 0 heterocycles. The van der Waals surface area contributed by atoms with Crippen molar-refractivity contribution in [2.75, 3.05) is 0 Å². The van der Waals surface area contributed by atoms with E-state index >= 15 is 0 Å². The van der Waals surface area contributed by atoms with Crippen LogP contribution >= 0.6 is 22.6 Å². The maximum absolute atomic E-state index is 11.2. The van der Waals surface area contributed by atoms with Crippen LogP contribution in [0, 0.1) is 11.8 Å². The van der Waals surface area contributed by atoms with Crippen LogP contribution < -0.4 is 0 Å². The molecule has 1 aliphatic carbocycles. The predicted octanol–water partition coefficient (Wildman–Crippen LogP) is 2.84. The minimum atomic E-state index is 0.296. The summed E-state index contributed by atoms with van der Waals surface area (Å²) in [5, 5.41) is 0. The summed E-state index contributed by atoms with van der Waals surface area (Å²) in [4.78, 5) is 11.2. The lowest BCUT2D eigenvalue weighted by atomic mass is 10.1. The lowest BCUT2D eigenvalue weighted by Gasteiger charge is -1.92. The van der Waals surface area contributed by atoms with Crippen molar-refractivity contribution in [1.29, 1.82) is 0 Å². The second-order valence-corrected chi connectivity index (χ2v) is 3.99. The Balaban J connectivity index is 2.61. The van der Waals surface area contributed by atoms with E-state index in [1.54, 1.807) is 0 Å². The molecule has 2 heteroatoms. The van der Waals surface area contributed by atoms with E-state index in [1.165, 1.54) is 3.58 Å². The van der Waals surface area contributed by atoms with Crippen LogP contribution in [0.25, 0.3) is 0 Å². The van der Waals surface area contributed by atoms with Gasteiger partial charge in [-0.15, -0.1) is 5.92 Å². The summed E-state index contributed by atoms with van der Waals surface area (Å²) in [7, 11) is 0. The summed E-state index contributed by atoms with van der Waals surface area (Å²) in [5.74, 6) is 6.28. The summed E-state index contributed by atoms with van der Waals surface area (Å²) >= 11 is 2.25. The Morgan fingerprint density at radius 1 is 1.42 bits per heavy atom. The fourth-order valence-electron chi connectivity index (χ4n) is 1.15. The Kier molecular flexibility index (Phi) is 3.80. The molecule has 0 radical (unpaired) electrons. The van der Waals surface area contributed by atoms with E-state index in [9.17, 15) is 4.79 Å². The number of carbonyl (C=O) groups is 1. The van der Waals surface area contributed by atoms with Gasteiger partial charge in [0, 0.05) is 24.8 Å². The summed E-state index contributed by atoms with van der Waals surface area (Å²) in [6.45, 7) is 2.02. The van der Waals surface area contributed by atoms with Crippen molar-refractivity contribution in [3.63, 3.8) is 0 Å². The molecule has 0 saturated carbocycles. The summed E-state index contributed by atoms with van der Waals surface area (Å²) in [6, 6.07) is 0. The Hall–Kier alpha value is -0.300. The number of halogens is 1. The van der Waals surface area contributed by atoms with Crippen LogP contribution in [-0.2, 0) is 4.79 Å². The smallest absolute Gasteiger partial charge is 0.160 e.